The van der Waals surface area contributed by atoms with Gasteiger partial charge < -0.3 is 14.0 Å². The third kappa shape index (κ3) is 2.44. The summed E-state index contributed by atoms with van der Waals surface area (Å²) >= 11 is 0. The van der Waals surface area contributed by atoms with E-state index in [9.17, 15) is 5.11 Å². The van der Waals surface area contributed by atoms with E-state index in [2.05, 4.69) is 15.0 Å². The van der Waals surface area contributed by atoms with Crippen LogP contribution < -0.4 is 0 Å². The molecule has 0 amide bonds. The topological polar surface area (TPSA) is 75.5 Å². The van der Waals surface area contributed by atoms with Crippen LogP contribution in [0.1, 0.15) is 18.7 Å². The van der Waals surface area contributed by atoms with Gasteiger partial charge in [0.25, 0.3) is 5.89 Å². The lowest BCUT2D eigenvalue weighted by atomic mass is 10.1. The average molecular weight is 249 g/mol. The molecule has 3 rings (SSSR count). The van der Waals surface area contributed by atoms with Gasteiger partial charge in [-0.1, -0.05) is 5.16 Å². The van der Waals surface area contributed by atoms with Crippen molar-refractivity contribution >= 4 is 0 Å². The Hall–Kier alpha value is -1.66. The van der Waals surface area contributed by atoms with Crippen molar-refractivity contribution in [1.29, 1.82) is 0 Å². The maximum Gasteiger partial charge on any atom is 0.261 e. The number of aliphatic hydroxyl groups excluding tert-OH is 1. The molecule has 1 N–H and O–H groups in total. The van der Waals surface area contributed by atoms with Gasteiger partial charge >= 0.3 is 0 Å². The number of piperidine rings is 1. The van der Waals surface area contributed by atoms with Crippen LogP contribution >= 0.6 is 0 Å². The molecule has 96 valence electrons. The van der Waals surface area contributed by atoms with Gasteiger partial charge in [-0.2, -0.15) is 4.98 Å². The molecule has 1 saturated heterocycles. The summed E-state index contributed by atoms with van der Waals surface area (Å²) in [5, 5.41) is 13.5. The van der Waals surface area contributed by atoms with Gasteiger partial charge in [0, 0.05) is 6.54 Å². The van der Waals surface area contributed by atoms with Crippen molar-refractivity contribution in [2.45, 2.75) is 25.5 Å². The number of nitrogens with zero attached hydrogens (tertiary/aromatic N) is 3. The molecule has 0 bridgehead atoms. The molecule has 1 aliphatic rings. The zero-order chi connectivity index (χ0) is 12.4. The first-order valence-corrected chi connectivity index (χ1v) is 6.07. The number of hydrogen-bond donors (Lipinski definition) is 1. The zero-order valence-electron chi connectivity index (χ0n) is 9.95. The number of β-amino-alcohol motifs (C(OH)–C–C–N with tert-alkyl or cyclic N) is 1. The molecular formula is C12H15N3O3. The van der Waals surface area contributed by atoms with Crippen molar-refractivity contribution in [2.24, 2.45) is 0 Å². The van der Waals surface area contributed by atoms with E-state index in [0.29, 0.717) is 24.8 Å². The van der Waals surface area contributed by atoms with Crippen LogP contribution in [0.2, 0.25) is 0 Å². The monoisotopic (exact) mass is 249 g/mol. The van der Waals surface area contributed by atoms with Gasteiger partial charge in [0.15, 0.2) is 5.82 Å². The van der Waals surface area contributed by atoms with Crippen molar-refractivity contribution in [3.05, 3.63) is 24.4 Å². The van der Waals surface area contributed by atoms with Crippen molar-refractivity contribution in [3.63, 3.8) is 0 Å². The van der Waals surface area contributed by atoms with Gasteiger partial charge in [0.1, 0.15) is 6.26 Å². The first kappa shape index (κ1) is 11.4. The summed E-state index contributed by atoms with van der Waals surface area (Å²) in [5.41, 5.74) is 0.785. The van der Waals surface area contributed by atoms with Crippen molar-refractivity contribution in [1.82, 2.24) is 15.0 Å². The molecule has 0 aromatic carbocycles. The van der Waals surface area contributed by atoms with E-state index in [1.165, 1.54) is 0 Å². The van der Waals surface area contributed by atoms with Gasteiger partial charge in [-0.15, -0.1) is 0 Å². The molecule has 2 aromatic rings. The molecule has 0 aliphatic carbocycles. The molecule has 2 aromatic heterocycles. The lowest BCUT2D eigenvalue weighted by molar-refractivity contribution is 0.0651. The maximum absolute atomic E-state index is 9.59. The number of hydrogen-bond acceptors (Lipinski definition) is 6. The quantitative estimate of drug-likeness (QED) is 0.883. The summed E-state index contributed by atoms with van der Waals surface area (Å²) in [7, 11) is 0. The predicted molar refractivity (Wildman–Crippen MR) is 62.5 cm³/mol. The summed E-state index contributed by atoms with van der Waals surface area (Å²) in [6.45, 7) is 2.25. The summed E-state index contributed by atoms with van der Waals surface area (Å²) < 4.78 is 10.1. The highest BCUT2D eigenvalue weighted by Gasteiger charge is 2.20. The highest BCUT2D eigenvalue weighted by Crippen LogP contribution is 2.18. The van der Waals surface area contributed by atoms with Crippen molar-refractivity contribution < 1.29 is 14.0 Å². The second-order valence-corrected chi connectivity index (χ2v) is 4.56. The lowest BCUT2D eigenvalue weighted by Crippen LogP contribution is -2.37. The summed E-state index contributed by atoms with van der Waals surface area (Å²) in [6, 6.07) is 1.78. The highest BCUT2D eigenvalue weighted by molar-refractivity contribution is 5.49. The third-order valence-corrected chi connectivity index (χ3v) is 3.08. The second-order valence-electron chi connectivity index (χ2n) is 4.56. The second kappa shape index (κ2) is 4.91. The van der Waals surface area contributed by atoms with Gasteiger partial charge in [-0.25, -0.2) is 0 Å². The first-order chi connectivity index (χ1) is 8.81. The fourth-order valence-corrected chi connectivity index (χ4v) is 2.20. The molecule has 0 radical (unpaired) electrons. The average Bonchev–Trinajstić information content (AvgIpc) is 2.98. The smallest absolute Gasteiger partial charge is 0.261 e. The molecular weight excluding hydrogens is 234 g/mol. The highest BCUT2D eigenvalue weighted by atomic mass is 16.5. The van der Waals surface area contributed by atoms with E-state index >= 15 is 0 Å². The molecule has 1 fully saturated rings. The zero-order valence-corrected chi connectivity index (χ0v) is 9.95. The first-order valence-electron chi connectivity index (χ1n) is 6.07. The van der Waals surface area contributed by atoms with Gasteiger partial charge in [0.2, 0.25) is 0 Å². The molecule has 1 atom stereocenters. The predicted octanol–water partition coefficient (Wildman–Crippen LogP) is 1.29. The Bertz CT molecular complexity index is 494. The van der Waals surface area contributed by atoms with Crippen LogP contribution in [0.25, 0.3) is 11.5 Å². The normalized spacial score (nSPS) is 21.3. The maximum atomic E-state index is 9.59. The van der Waals surface area contributed by atoms with E-state index < -0.39 is 0 Å². The van der Waals surface area contributed by atoms with Crippen LogP contribution in [0, 0.1) is 0 Å². The van der Waals surface area contributed by atoms with Crippen LogP contribution in [0.5, 0.6) is 0 Å². The van der Waals surface area contributed by atoms with E-state index in [1.807, 2.05) is 0 Å². The SMILES string of the molecule is OC1CCCN(Cc2noc(-c3ccoc3)n2)C1. The molecule has 18 heavy (non-hydrogen) atoms. The Labute approximate surface area is 104 Å². The Morgan fingerprint density at radius 1 is 1.50 bits per heavy atom. The van der Waals surface area contributed by atoms with E-state index in [0.717, 1.165) is 24.9 Å². The van der Waals surface area contributed by atoms with Gasteiger partial charge in [-0.05, 0) is 25.5 Å². The van der Waals surface area contributed by atoms with Crippen molar-refractivity contribution in [3.8, 4) is 11.5 Å². The lowest BCUT2D eigenvalue weighted by Gasteiger charge is -2.28. The molecule has 0 saturated carbocycles. The van der Waals surface area contributed by atoms with Crippen LogP contribution in [0.4, 0.5) is 0 Å². The fraction of sp³-hybridized carbons (Fsp3) is 0.500. The molecule has 6 heteroatoms. The largest absolute Gasteiger partial charge is 0.472 e. The Balaban J connectivity index is 1.66. The van der Waals surface area contributed by atoms with Gasteiger partial charge in [0.05, 0.1) is 24.5 Å². The number of aliphatic hydroxyl groups is 1. The van der Waals surface area contributed by atoms with E-state index in [1.54, 1.807) is 18.6 Å². The Morgan fingerprint density at radius 3 is 3.22 bits per heavy atom. The Morgan fingerprint density at radius 2 is 2.44 bits per heavy atom. The minimum absolute atomic E-state index is 0.237. The van der Waals surface area contributed by atoms with Crippen LogP contribution in [-0.4, -0.2) is 39.3 Å². The fourth-order valence-electron chi connectivity index (χ4n) is 2.20. The van der Waals surface area contributed by atoms with Crippen LogP contribution in [0.3, 0.4) is 0 Å². The molecule has 0 spiro atoms. The van der Waals surface area contributed by atoms with E-state index in [-0.39, 0.29) is 6.10 Å². The summed E-state index contributed by atoms with van der Waals surface area (Å²) in [6.07, 6.45) is 4.79. The Kier molecular flexibility index (Phi) is 3.12. The van der Waals surface area contributed by atoms with Gasteiger partial charge in [-0.3, -0.25) is 4.90 Å². The number of furan rings is 1. The van der Waals surface area contributed by atoms with Crippen LogP contribution in [-0.2, 0) is 6.54 Å². The number of rotatable bonds is 3. The molecule has 3 heterocycles. The van der Waals surface area contributed by atoms with E-state index in [4.69, 9.17) is 8.94 Å². The standard InChI is InChI=1S/C12H15N3O3/c16-10-2-1-4-15(6-10)7-11-13-12(18-14-11)9-3-5-17-8-9/h3,5,8,10,16H,1-2,4,6-7H2. The minimum Gasteiger partial charge on any atom is -0.472 e. The molecule has 1 aliphatic heterocycles. The summed E-state index contributed by atoms with van der Waals surface area (Å²) in [4.78, 5) is 6.45. The minimum atomic E-state index is -0.237. The number of aromatic nitrogens is 2. The molecule has 1 unspecified atom stereocenters. The third-order valence-electron chi connectivity index (χ3n) is 3.08. The summed E-state index contributed by atoms with van der Waals surface area (Å²) in [5.74, 6) is 1.11. The van der Waals surface area contributed by atoms with Crippen molar-refractivity contribution in [2.75, 3.05) is 13.1 Å². The van der Waals surface area contributed by atoms with Crippen LogP contribution in [0.15, 0.2) is 27.5 Å². The number of likely N-dealkylation sites (tertiary alicyclic amines) is 1. The molecule has 6 nitrogen and oxygen atoms in total.